The first kappa shape index (κ1) is 17.9. The second-order valence-electron chi connectivity index (χ2n) is 6.25. The van der Waals surface area contributed by atoms with Crippen LogP contribution < -0.4 is 5.73 Å². The first-order valence-electron chi connectivity index (χ1n) is 8.10. The van der Waals surface area contributed by atoms with Crippen molar-refractivity contribution in [2.45, 2.75) is 12.8 Å². The van der Waals surface area contributed by atoms with Gasteiger partial charge in [0.2, 0.25) is 0 Å². The van der Waals surface area contributed by atoms with Crippen LogP contribution in [0.1, 0.15) is 12.8 Å². The molecule has 5 heteroatoms. The lowest BCUT2D eigenvalue weighted by Crippen LogP contribution is -2.40. The van der Waals surface area contributed by atoms with E-state index < -0.39 is 0 Å². The van der Waals surface area contributed by atoms with Crippen molar-refractivity contribution < 1.29 is 0 Å². The van der Waals surface area contributed by atoms with Gasteiger partial charge < -0.3 is 25.3 Å². The van der Waals surface area contributed by atoms with E-state index in [1.54, 1.807) is 0 Å². The zero-order valence-corrected chi connectivity index (χ0v) is 13.9. The van der Waals surface area contributed by atoms with E-state index in [2.05, 4.69) is 40.7 Å². The smallest absolute Gasteiger partial charge is 0.0110 e. The fourth-order valence-corrected chi connectivity index (χ4v) is 2.68. The minimum atomic E-state index is 0.768. The quantitative estimate of drug-likeness (QED) is 0.763. The molecule has 120 valence electrons. The average molecular weight is 285 g/mol. The van der Waals surface area contributed by atoms with Crippen molar-refractivity contribution in [2.75, 3.05) is 86.6 Å². The molecule has 0 saturated carbocycles. The van der Waals surface area contributed by atoms with Crippen molar-refractivity contribution in [3.8, 4) is 0 Å². The summed E-state index contributed by atoms with van der Waals surface area (Å²) in [5.41, 5.74) is 5.73. The molecule has 1 fully saturated rings. The molecule has 1 rings (SSSR count). The van der Waals surface area contributed by atoms with Crippen LogP contribution in [0, 0.1) is 0 Å². The summed E-state index contributed by atoms with van der Waals surface area (Å²) in [6.45, 7) is 11.2. The number of nitrogens with two attached hydrogens (primary N) is 1. The second-order valence-corrected chi connectivity index (χ2v) is 6.25. The van der Waals surface area contributed by atoms with Crippen molar-refractivity contribution in [1.82, 2.24) is 19.6 Å². The van der Waals surface area contributed by atoms with Crippen LogP contribution in [0.4, 0.5) is 0 Å². The molecule has 0 bridgehead atoms. The standard InChI is InChI=1S/C15H35N5/c1-17-7-4-8-19(3)14-15-20(11-6-16)10-5-9-18(2)13-12-17/h4-16H2,1-3H3. The zero-order valence-electron chi connectivity index (χ0n) is 13.9. The Morgan fingerprint density at radius 1 is 0.650 bits per heavy atom. The van der Waals surface area contributed by atoms with Crippen molar-refractivity contribution in [2.24, 2.45) is 5.73 Å². The van der Waals surface area contributed by atoms with E-state index in [4.69, 9.17) is 5.73 Å². The Kier molecular flexibility index (Phi) is 9.39. The molecule has 1 aliphatic heterocycles. The van der Waals surface area contributed by atoms with E-state index >= 15 is 0 Å². The molecule has 0 spiro atoms. The van der Waals surface area contributed by atoms with E-state index in [0.717, 1.165) is 26.2 Å². The summed E-state index contributed by atoms with van der Waals surface area (Å²) in [6.07, 6.45) is 2.50. The lowest BCUT2D eigenvalue weighted by atomic mass is 10.3. The summed E-state index contributed by atoms with van der Waals surface area (Å²) in [5.74, 6) is 0. The molecule has 0 atom stereocenters. The molecular weight excluding hydrogens is 250 g/mol. The lowest BCUT2D eigenvalue weighted by Gasteiger charge is -2.28. The van der Waals surface area contributed by atoms with Gasteiger partial charge in [0.1, 0.15) is 0 Å². The highest BCUT2D eigenvalue weighted by Gasteiger charge is 2.09. The minimum absolute atomic E-state index is 0.768. The van der Waals surface area contributed by atoms with Gasteiger partial charge in [-0.2, -0.15) is 0 Å². The third-order valence-electron chi connectivity index (χ3n) is 4.20. The molecule has 1 saturated heterocycles. The summed E-state index contributed by atoms with van der Waals surface area (Å²) in [4.78, 5) is 9.88. The largest absolute Gasteiger partial charge is 0.329 e. The fourth-order valence-electron chi connectivity index (χ4n) is 2.68. The number of likely N-dealkylation sites (N-methyl/N-ethyl adjacent to an activating group) is 3. The molecule has 0 radical (unpaired) electrons. The van der Waals surface area contributed by atoms with Crippen molar-refractivity contribution >= 4 is 0 Å². The average Bonchev–Trinajstić information content (AvgIpc) is 2.41. The van der Waals surface area contributed by atoms with Crippen LogP contribution >= 0.6 is 0 Å². The van der Waals surface area contributed by atoms with Crippen molar-refractivity contribution in [3.63, 3.8) is 0 Å². The van der Waals surface area contributed by atoms with Gasteiger partial charge in [0.25, 0.3) is 0 Å². The fraction of sp³-hybridized carbons (Fsp3) is 1.00. The summed E-state index contributed by atoms with van der Waals surface area (Å²) < 4.78 is 0. The molecule has 0 amide bonds. The predicted molar refractivity (Wildman–Crippen MR) is 87.2 cm³/mol. The number of nitrogens with zero attached hydrogens (tertiary/aromatic N) is 4. The maximum Gasteiger partial charge on any atom is 0.0110 e. The van der Waals surface area contributed by atoms with Gasteiger partial charge in [0, 0.05) is 39.3 Å². The van der Waals surface area contributed by atoms with Crippen molar-refractivity contribution in [3.05, 3.63) is 0 Å². The number of hydrogen-bond acceptors (Lipinski definition) is 5. The van der Waals surface area contributed by atoms with Crippen LogP contribution in [-0.2, 0) is 0 Å². The van der Waals surface area contributed by atoms with Crippen LogP contribution in [0.2, 0.25) is 0 Å². The van der Waals surface area contributed by atoms with Gasteiger partial charge in [-0.1, -0.05) is 0 Å². The molecule has 1 aliphatic rings. The molecule has 0 aromatic rings. The summed E-state index contributed by atoms with van der Waals surface area (Å²) in [6, 6.07) is 0. The van der Waals surface area contributed by atoms with Crippen molar-refractivity contribution in [1.29, 1.82) is 0 Å². The first-order valence-corrected chi connectivity index (χ1v) is 8.10. The second kappa shape index (κ2) is 10.5. The summed E-state index contributed by atoms with van der Waals surface area (Å²) in [7, 11) is 6.71. The Hall–Kier alpha value is -0.200. The molecule has 5 nitrogen and oxygen atoms in total. The Bertz CT molecular complexity index is 236. The van der Waals surface area contributed by atoms with Gasteiger partial charge in [-0.15, -0.1) is 0 Å². The van der Waals surface area contributed by atoms with Crippen LogP contribution in [0.25, 0.3) is 0 Å². The molecule has 0 aromatic carbocycles. The highest BCUT2D eigenvalue weighted by molar-refractivity contribution is 4.66. The third kappa shape index (κ3) is 8.17. The first-order chi connectivity index (χ1) is 9.61. The molecule has 20 heavy (non-hydrogen) atoms. The van der Waals surface area contributed by atoms with Crippen LogP contribution in [0.3, 0.4) is 0 Å². The maximum absolute atomic E-state index is 5.73. The van der Waals surface area contributed by atoms with Crippen LogP contribution in [0.15, 0.2) is 0 Å². The Labute approximate surface area is 125 Å². The van der Waals surface area contributed by atoms with Gasteiger partial charge in [-0.05, 0) is 60.2 Å². The monoisotopic (exact) mass is 285 g/mol. The van der Waals surface area contributed by atoms with E-state index in [-0.39, 0.29) is 0 Å². The van der Waals surface area contributed by atoms with Gasteiger partial charge in [-0.25, -0.2) is 0 Å². The highest BCUT2D eigenvalue weighted by atomic mass is 15.2. The number of rotatable bonds is 2. The molecule has 0 aliphatic carbocycles. The Morgan fingerprint density at radius 2 is 1.10 bits per heavy atom. The van der Waals surface area contributed by atoms with Gasteiger partial charge in [0.05, 0.1) is 0 Å². The predicted octanol–water partition coefficient (Wildman–Crippen LogP) is -0.164. The maximum atomic E-state index is 5.73. The zero-order chi connectivity index (χ0) is 14.8. The normalized spacial score (nSPS) is 24.6. The SMILES string of the molecule is CN1CCCN(C)CCN(CCN)CCCN(C)CC1. The van der Waals surface area contributed by atoms with E-state index in [1.165, 1.54) is 52.1 Å². The van der Waals surface area contributed by atoms with Crippen LogP contribution in [-0.4, -0.2) is 106 Å². The van der Waals surface area contributed by atoms with E-state index in [1.807, 2.05) is 0 Å². The topological polar surface area (TPSA) is 39.0 Å². The minimum Gasteiger partial charge on any atom is -0.329 e. The number of hydrogen-bond donors (Lipinski definition) is 1. The Balaban J connectivity index is 2.44. The highest BCUT2D eigenvalue weighted by Crippen LogP contribution is 1.98. The molecular formula is C15H35N5. The van der Waals surface area contributed by atoms with E-state index in [9.17, 15) is 0 Å². The van der Waals surface area contributed by atoms with E-state index in [0.29, 0.717) is 0 Å². The van der Waals surface area contributed by atoms with Gasteiger partial charge in [-0.3, -0.25) is 0 Å². The molecule has 0 unspecified atom stereocenters. The molecule has 0 aromatic heterocycles. The Morgan fingerprint density at radius 3 is 1.60 bits per heavy atom. The molecule has 1 heterocycles. The third-order valence-corrected chi connectivity index (χ3v) is 4.20. The van der Waals surface area contributed by atoms with Gasteiger partial charge in [0.15, 0.2) is 0 Å². The summed E-state index contributed by atoms with van der Waals surface area (Å²) in [5, 5.41) is 0. The molecule has 2 N–H and O–H groups in total. The van der Waals surface area contributed by atoms with Gasteiger partial charge >= 0.3 is 0 Å². The lowest BCUT2D eigenvalue weighted by molar-refractivity contribution is 0.192. The summed E-state index contributed by atoms with van der Waals surface area (Å²) >= 11 is 0. The van der Waals surface area contributed by atoms with Crippen LogP contribution in [0.5, 0.6) is 0 Å².